The Labute approximate surface area is 332 Å². The Morgan fingerprint density at radius 3 is 1.88 bits per heavy atom. The molecule has 0 bridgehead atoms. The third-order valence-electron chi connectivity index (χ3n) is 11.7. The minimum atomic E-state index is 0.688. The van der Waals surface area contributed by atoms with Crippen molar-refractivity contribution in [2.75, 3.05) is 0 Å². The smallest absolute Gasteiger partial charge is 0.0991 e. The van der Waals surface area contributed by atoms with E-state index in [9.17, 15) is 5.26 Å². The molecular formula is C53H40N4. The Morgan fingerprint density at radius 1 is 0.526 bits per heavy atom. The Kier molecular flexibility index (Phi) is 8.50. The van der Waals surface area contributed by atoms with Gasteiger partial charge >= 0.3 is 0 Å². The van der Waals surface area contributed by atoms with Crippen LogP contribution in [0, 0.1) is 18.3 Å². The van der Waals surface area contributed by atoms with Crippen molar-refractivity contribution in [3.05, 3.63) is 198 Å². The fourth-order valence-electron chi connectivity index (χ4n) is 8.97. The normalized spacial score (nSPS) is 11.5. The molecule has 3 heterocycles. The SMILES string of the molecule is CCc1ccc(C#N)cc1-c1ccccc1CCc1cc(-c2ccccn2)c(C)c(-n2c3ccccc3c3cc(-n4c5ccccc5c5ccccc54)ccc32)c1. The van der Waals surface area contributed by atoms with Gasteiger partial charge in [0.25, 0.3) is 0 Å². The minimum absolute atomic E-state index is 0.688. The summed E-state index contributed by atoms with van der Waals surface area (Å²) in [7, 11) is 0. The van der Waals surface area contributed by atoms with E-state index in [1.807, 2.05) is 18.3 Å². The van der Waals surface area contributed by atoms with Crippen molar-refractivity contribution in [3.8, 4) is 39.8 Å². The summed E-state index contributed by atoms with van der Waals surface area (Å²) in [5.41, 5.74) is 17.2. The Hall–Kier alpha value is -7.22. The highest BCUT2D eigenvalue weighted by atomic mass is 15.0. The van der Waals surface area contributed by atoms with Crippen LogP contribution in [0.5, 0.6) is 0 Å². The van der Waals surface area contributed by atoms with E-state index in [0.717, 1.165) is 47.5 Å². The number of rotatable bonds is 8. The van der Waals surface area contributed by atoms with Crippen molar-refractivity contribution >= 4 is 43.6 Å². The van der Waals surface area contributed by atoms with Crippen LogP contribution in [0.4, 0.5) is 0 Å². The average molecular weight is 733 g/mol. The molecule has 4 heteroatoms. The second-order valence-electron chi connectivity index (χ2n) is 14.9. The molecule has 0 N–H and O–H groups in total. The van der Waals surface area contributed by atoms with Crippen molar-refractivity contribution in [1.82, 2.24) is 14.1 Å². The quantitative estimate of drug-likeness (QED) is 0.156. The van der Waals surface area contributed by atoms with Crippen molar-refractivity contribution < 1.29 is 0 Å². The van der Waals surface area contributed by atoms with Crippen LogP contribution in [0.15, 0.2) is 170 Å². The third kappa shape index (κ3) is 5.79. The van der Waals surface area contributed by atoms with Crippen molar-refractivity contribution in [2.45, 2.75) is 33.1 Å². The van der Waals surface area contributed by atoms with Crippen LogP contribution in [0.1, 0.15) is 34.7 Å². The molecule has 10 rings (SSSR count). The maximum absolute atomic E-state index is 9.75. The summed E-state index contributed by atoms with van der Waals surface area (Å²) in [5, 5.41) is 14.7. The summed E-state index contributed by atoms with van der Waals surface area (Å²) < 4.78 is 4.86. The summed E-state index contributed by atoms with van der Waals surface area (Å²) in [4.78, 5) is 4.86. The zero-order chi connectivity index (χ0) is 38.5. The molecule has 0 aliphatic carbocycles. The van der Waals surface area contributed by atoms with E-state index >= 15 is 0 Å². The second kappa shape index (κ2) is 14.1. The number of benzene rings is 7. The number of nitriles is 1. The molecule has 57 heavy (non-hydrogen) atoms. The predicted molar refractivity (Wildman–Crippen MR) is 236 cm³/mol. The predicted octanol–water partition coefficient (Wildman–Crippen LogP) is 13.1. The fraction of sp³-hybridized carbons (Fsp3) is 0.0943. The van der Waals surface area contributed by atoms with E-state index in [-0.39, 0.29) is 0 Å². The first-order valence-corrected chi connectivity index (χ1v) is 19.8. The van der Waals surface area contributed by atoms with Gasteiger partial charge in [-0.25, -0.2) is 0 Å². The molecule has 0 amide bonds. The molecule has 0 aliphatic rings. The number of hydrogen-bond acceptors (Lipinski definition) is 2. The molecule has 272 valence electrons. The van der Waals surface area contributed by atoms with Gasteiger partial charge in [-0.2, -0.15) is 5.26 Å². The highest BCUT2D eigenvalue weighted by molar-refractivity contribution is 6.12. The van der Waals surface area contributed by atoms with Gasteiger partial charge in [0.15, 0.2) is 0 Å². The number of aryl methyl sites for hydroxylation is 3. The number of hydrogen-bond donors (Lipinski definition) is 0. The van der Waals surface area contributed by atoms with Crippen LogP contribution in [0.3, 0.4) is 0 Å². The zero-order valence-corrected chi connectivity index (χ0v) is 32.1. The van der Waals surface area contributed by atoms with E-state index in [4.69, 9.17) is 4.98 Å². The van der Waals surface area contributed by atoms with Gasteiger partial charge in [-0.3, -0.25) is 4.98 Å². The molecule has 0 saturated heterocycles. The van der Waals surface area contributed by atoms with Crippen LogP contribution in [-0.2, 0) is 19.3 Å². The molecule has 7 aromatic carbocycles. The van der Waals surface area contributed by atoms with Gasteiger partial charge in [-0.05, 0) is 132 Å². The lowest BCUT2D eigenvalue weighted by atomic mass is 9.90. The topological polar surface area (TPSA) is 46.5 Å². The Balaban J connectivity index is 1.14. The molecule has 0 fully saturated rings. The third-order valence-corrected chi connectivity index (χ3v) is 11.7. The summed E-state index contributed by atoms with van der Waals surface area (Å²) in [6, 6.07) is 61.2. The molecule has 3 aromatic heterocycles. The molecule has 0 radical (unpaired) electrons. The largest absolute Gasteiger partial charge is 0.309 e. The monoisotopic (exact) mass is 732 g/mol. The molecule has 4 nitrogen and oxygen atoms in total. The van der Waals surface area contributed by atoms with E-state index in [2.05, 4.69) is 181 Å². The van der Waals surface area contributed by atoms with Gasteiger partial charge in [0.05, 0.1) is 45.1 Å². The Bertz CT molecular complexity index is 3140. The first-order chi connectivity index (χ1) is 28.1. The van der Waals surface area contributed by atoms with Crippen LogP contribution in [-0.4, -0.2) is 14.1 Å². The van der Waals surface area contributed by atoms with E-state index < -0.39 is 0 Å². The van der Waals surface area contributed by atoms with Crippen molar-refractivity contribution in [3.63, 3.8) is 0 Å². The van der Waals surface area contributed by atoms with E-state index in [0.29, 0.717) is 5.56 Å². The van der Waals surface area contributed by atoms with E-state index in [1.54, 1.807) is 0 Å². The van der Waals surface area contributed by atoms with Crippen molar-refractivity contribution in [1.29, 1.82) is 5.26 Å². The molecule has 0 unspecified atom stereocenters. The van der Waals surface area contributed by atoms with Crippen molar-refractivity contribution in [2.24, 2.45) is 0 Å². The van der Waals surface area contributed by atoms with Gasteiger partial charge < -0.3 is 9.13 Å². The lowest BCUT2D eigenvalue weighted by Gasteiger charge is -2.18. The number of fused-ring (bicyclic) bond motifs is 6. The number of aromatic nitrogens is 3. The molecular weight excluding hydrogens is 693 g/mol. The highest BCUT2D eigenvalue weighted by Crippen LogP contribution is 2.39. The number of pyridine rings is 1. The van der Waals surface area contributed by atoms with Crippen LogP contribution in [0.25, 0.3) is 77.4 Å². The maximum atomic E-state index is 9.75. The zero-order valence-electron chi connectivity index (χ0n) is 32.1. The lowest BCUT2D eigenvalue weighted by Crippen LogP contribution is -2.03. The summed E-state index contributed by atoms with van der Waals surface area (Å²) >= 11 is 0. The Morgan fingerprint density at radius 2 is 1.18 bits per heavy atom. The first kappa shape index (κ1) is 34.3. The fourth-order valence-corrected chi connectivity index (χ4v) is 8.97. The number of para-hydroxylation sites is 3. The van der Waals surface area contributed by atoms with Crippen LogP contribution >= 0.6 is 0 Å². The molecule has 0 atom stereocenters. The first-order valence-electron chi connectivity index (χ1n) is 19.8. The standard InChI is InChI=1S/C53H40N4/c1-3-38-25-24-37(34-54)31-46(38)41-15-5-4-14-39(41)26-23-36-30-45(48-19-12-13-29-55-48)35(2)53(32-36)57-51-22-11-8-18-44(51)47-33-40(27-28-52(47)57)56-49-20-9-6-16-42(49)43-17-7-10-21-50(43)56/h4-22,24-25,27-33H,3,23,26H2,1-2H3. The number of nitrogens with zero attached hydrogens (tertiary/aromatic N) is 4. The molecule has 10 aromatic rings. The van der Waals surface area contributed by atoms with E-state index in [1.165, 1.54) is 71.4 Å². The highest BCUT2D eigenvalue weighted by Gasteiger charge is 2.20. The minimum Gasteiger partial charge on any atom is -0.309 e. The molecule has 0 spiro atoms. The van der Waals surface area contributed by atoms with Gasteiger partial charge in [0, 0.05) is 39.0 Å². The summed E-state index contributed by atoms with van der Waals surface area (Å²) in [6.45, 7) is 4.42. The maximum Gasteiger partial charge on any atom is 0.0991 e. The van der Waals surface area contributed by atoms with Gasteiger partial charge in [0.1, 0.15) is 0 Å². The van der Waals surface area contributed by atoms with Gasteiger partial charge in [-0.1, -0.05) is 97.9 Å². The molecule has 0 aliphatic heterocycles. The average Bonchev–Trinajstić information content (AvgIpc) is 3.78. The summed E-state index contributed by atoms with van der Waals surface area (Å²) in [5.74, 6) is 0. The molecule has 0 saturated carbocycles. The van der Waals surface area contributed by atoms with Gasteiger partial charge in [-0.15, -0.1) is 0 Å². The lowest BCUT2D eigenvalue weighted by molar-refractivity contribution is 0.955. The van der Waals surface area contributed by atoms with Crippen LogP contribution in [0.2, 0.25) is 0 Å². The second-order valence-corrected chi connectivity index (χ2v) is 14.9. The van der Waals surface area contributed by atoms with Crippen LogP contribution < -0.4 is 0 Å². The van der Waals surface area contributed by atoms with Gasteiger partial charge in [0.2, 0.25) is 0 Å². The summed E-state index contributed by atoms with van der Waals surface area (Å²) in [6.07, 6.45) is 4.49.